The molecule has 2 aromatic rings. The second-order valence-corrected chi connectivity index (χ2v) is 7.02. The molecule has 0 saturated heterocycles. The SMILES string of the molecule is COc1cc2c(cc1OC)CN(C(=O)CCNc1ccc(C)c(C)c1)CC2. The van der Waals surface area contributed by atoms with Crippen LogP contribution in [0.15, 0.2) is 30.3 Å². The first-order chi connectivity index (χ1) is 13.0. The molecule has 3 rings (SSSR count). The molecule has 0 fully saturated rings. The highest BCUT2D eigenvalue weighted by Crippen LogP contribution is 2.33. The summed E-state index contributed by atoms with van der Waals surface area (Å²) in [5.74, 6) is 1.63. The smallest absolute Gasteiger partial charge is 0.224 e. The van der Waals surface area contributed by atoms with Crippen molar-refractivity contribution in [1.82, 2.24) is 4.90 Å². The van der Waals surface area contributed by atoms with E-state index in [1.165, 1.54) is 16.7 Å². The Kier molecular flexibility index (Phi) is 5.89. The van der Waals surface area contributed by atoms with Crippen molar-refractivity contribution in [2.45, 2.75) is 33.2 Å². The molecule has 1 heterocycles. The summed E-state index contributed by atoms with van der Waals surface area (Å²) in [6, 6.07) is 10.3. The summed E-state index contributed by atoms with van der Waals surface area (Å²) >= 11 is 0. The van der Waals surface area contributed by atoms with Crippen molar-refractivity contribution in [3.05, 3.63) is 52.6 Å². The van der Waals surface area contributed by atoms with Crippen LogP contribution in [0.5, 0.6) is 11.5 Å². The van der Waals surface area contributed by atoms with Gasteiger partial charge in [-0.3, -0.25) is 4.79 Å². The highest BCUT2D eigenvalue weighted by molar-refractivity contribution is 5.77. The van der Waals surface area contributed by atoms with E-state index in [0.717, 1.165) is 30.0 Å². The van der Waals surface area contributed by atoms with Crippen molar-refractivity contribution in [1.29, 1.82) is 0 Å². The number of carbonyl (C=O) groups excluding carboxylic acids is 1. The van der Waals surface area contributed by atoms with Gasteiger partial charge in [0.25, 0.3) is 0 Å². The number of nitrogens with zero attached hydrogens (tertiary/aromatic N) is 1. The average Bonchev–Trinajstić information content (AvgIpc) is 2.68. The summed E-state index contributed by atoms with van der Waals surface area (Å²) in [5.41, 5.74) is 5.95. The largest absolute Gasteiger partial charge is 0.493 e. The number of hydrogen-bond acceptors (Lipinski definition) is 4. The van der Waals surface area contributed by atoms with E-state index in [1.54, 1.807) is 14.2 Å². The van der Waals surface area contributed by atoms with Crippen LogP contribution in [0.4, 0.5) is 5.69 Å². The highest BCUT2D eigenvalue weighted by atomic mass is 16.5. The molecule has 1 N–H and O–H groups in total. The quantitative estimate of drug-likeness (QED) is 0.845. The van der Waals surface area contributed by atoms with Crippen molar-refractivity contribution < 1.29 is 14.3 Å². The fourth-order valence-corrected chi connectivity index (χ4v) is 3.42. The standard InChI is InChI=1S/C22H28N2O3/c1-15-5-6-19(11-16(15)2)23-9-7-22(25)24-10-8-17-12-20(26-3)21(27-4)13-18(17)14-24/h5-6,11-13,23H,7-10,14H2,1-4H3. The number of methoxy groups -OCH3 is 2. The number of aryl methyl sites for hydroxylation is 2. The molecule has 5 nitrogen and oxygen atoms in total. The first-order valence-electron chi connectivity index (χ1n) is 9.34. The predicted octanol–water partition coefficient (Wildman–Crippen LogP) is 3.71. The third-order valence-corrected chi connectivity index (χ3v) is 5.25. The van der Waals surface area contributed by atoms with Gasteiger partial charge in [-0.25, -0.2) is 0 Å². The van der Waals surface area contributed by atoms with Gasteiger partial charge in [-0.2, -0.15) is 0 Å². The van der Waals surface area contributed by atoms with Crippen molar-refractivity contribution in [3.63, 3.8) is 0 Å². The topological polar surface area (TPSA) is 50.8 Å². The zero-order valence-corrected chi connectivity index (χ0v) is 16.6. The van der Waals surface area contributed by atoms with E-state index >= 15 is 0 Å². The molecule has 144 valence electrons. The molecule has 1 aliphatic rings. The van der Waals surface area contributed by atoms with Gasteiger partial charge in [0, 0.05) is 31.7 Å². The number of anilines is 1. The number of ether oxygens (including phenoxy) is 2. The molecule has 1 aliphatic heterocycles. The lowest BCUT2D eigenvalue weighted by Crippen LogP contribution is -2.36. The molecule has 0 bridgehead atoms. The van der Waals surface area contributed by atoms with Gasteiger partial charge in [0.15, 0.2) is 11.5 Å². The third kappa shape index (κ3) is 4.35. The summed E-state index contributed by atoms with van der Waals surface area (Å²) < 4.78 is 10.8. The molecule has 2 aromatic carbocycles. The Morgan fingerprint density at radius 1 is 1.04 bits per heavy atom. The Bertz CT molecular complexity index is 833. The van der Waals surface area contributed by atoms with Gasteiger partial charge in [0.05, 0.1) is 14.2 Å². The van der Waals surface area contributed by atoms with Crippen molar-refractivity contribution in [2.24, 2.45) is 0 Å². The maximum Gasteiger partial charge on any atom is 0.224 e. The van der Waals surface area contributed by atoms with E-state index in [2.05, 4.69) is 37.4 Å². The minimum atomic E-state index is 0.173. The summed E-state index contributed by atoms with van der Waals surface area (Å²) in [7, 11) is 3.28. The molecule has 0 aliphatic carbocycles. The van der Waals surface area contributed by atoms with Crippen LogP contribution in [0, 0.1) is 13.8 Å². The zero-order chi connectivity index (χ0) is 19.4. The summed E-state index contributed by atoms with van der Waals surface area (Å²) in [6.45, 7) is 6.20. The number of nitrogens with one attached hydrogen (secondary N) is 1. The van der Waals surface area contributed by atoms with Crippen LogP contribution in [-0.4, -0.2) is 38.1 Å². The Morgan fingerprint density at radius 2 is 1.74 bits per heavy atom. The first kappa shape index (κ1) is 19.1. The lowest BCUT2D eigenvalue weighted by Gasteiger charge is -2.29. The van der Waals surface area contributed by atoms with Crippen LogP contribution in [0.3, 0.4) is 0 Å². The molecule has 1 amide bonds. The van der Waals surface area contributed by atoms with E-state index in [4.69, 9.17) is 9.47 Å². The Balaban J connectivity index is 1.58. The molecule has 0 aromatic heterocycles. The van der Waals surface area contributed by atoms with Gasteiger partial charge in [-0.05, 0) is 66.8 Å². The average molecular weight is 368 g/mol. The van der Waals surface area contributed by atoms with Crippen LogP contribution >= 0.6 is 0 Å². The van der Waals surface area contributed by atoms with Crippen molar-refractivity contribution in [3.8, 4) is 11.5 Å². The van der Waals surface area contributed by atoms with E-state index in [0.29, 0.717) is 25.3 Å². The molecule has 0 saturated carbocycles. The molecule has 0 spiro atoms. The normalized spacial score (nSPS) is 13.1. The number of benzene rings is 2. The number of amides is 1. The zero-order valence-electron chi connectivity index (χ0n) is 16.6. The summed E-state index contributed by atoms with van der Waals surface area (Å²) in [6.07, 6.45) is 1.32. The second-order valence-electron chi connectivity index (χ2n) is 7.02. The molecular formula is C22H28N2O3. The first-order valence-corrected chi connectivity index (χ1v) is 9.34. The van der Waals surface area contributed by atoms with Crippen LogP contribution in [-0.2, 0) is 17.8 Å². The maximum absolute atomic E-state index is 12.6. The minimum Gasteiger partial charge on any atom is -0.493 e. The monoisotopic (exact) mass is 368 g/mol. The van der Waals surface area contributed by atoms with E-state index < -0.39 is 0 Å². The van der Waals surface area contributed by atoms with Gasteiger partial charge in [0.1, 0.15) is 0 Å². The van der Waals surface area contributed by atoms with Crippen LogP contribution in [0.1, 0.15) is 28.7 Å². The number of hydrogen-bond donors (Lipinski definition) is 1. The van der Waals surface area contributed by atoms with Gasteiger partial charge >= 0.3 is 0 Å². The van der Waals surface area contributed by atoms with E-state index in [9.17, 15) is 4.79 Å². The summed E-state index contributed by atoms with van der Waals surface area (Å²) in [5, 5.41) is 3.35. The van der Waals surface area contributed by atoms with Crippen LogP contribution in [0.2, 0.25) is 0 Å². The van der Waals surface area contributed by atoms with Crippen LogP contribution < -0.4 is 14.8 Å². The lowest BCUT2D eigenvalue weighted by molar-refractivity contribution is -0.131. The van der Waals surface area contributed by atoms with E-state index in [-0.39, 0.29) is 5.91 Å². The number of fused-ring (bicyclic) bond motifs is 1. The third-order valence-electron chi connectivity index (χ3n) is 5.25. The molecule has 27 heavy (non-hydrogen) atoms. The number of rotatable bonds is 6. The van der Waals surface area contributed by atoms with Crippen molar-refractivity contribution in [2.75, 3.05) is 32.6 Å². The molecule has 5 heteroatoms. The minimum absolute atomic E-state index is 0.173. The predicted molar refractivity (Wildman–Crippen MR) is 108 cm³/mol. The van der Waals surface area contributed by atoms with Gasteiger partial charge in [-0.1, -0.05) is 6.07 Å². The van der Waals surface area contributed by atoms with Gasteiger partial charge in [0.2, 0.25) is 5.91 Å². The maximum atomic E-state index is 12.6. The summed E-state index contributed by atoms with van der Waals surface area (Å²) in [4.78, 5) is 14.6. The molecule has 0 atom stereocenters. The Labute approximate surface area is 161 Å². The Morgan fingerprint density at radius 3 is 2.41 bits per heavy atom. The van der Waals surface area contributed by atoms with Crippen molar-refractivity contribution >= 4 is 11.6 Å². The fraction of sp³-hybridized carbons (Fsp3) is 0.409. The Hall–Kier alpha value is -2.69. The highest BCUT2D eigenvalue weighted by Gasteiger charge is 2.22. The molecular weight excluding hydrogens is 340 g/mol. The van der Waals surface area contributed by atoms with Gasteiger partial charge in [-0.15, -0.1) is 0 Å². The molecule has 0 radical (unpaired) electrons. The fourth-order valence-electron chi connectivity index (χ4n) is 3.42. The second kappa shape index (κ2) is 8.33. The lowest BCUT2D eigenvalue weighted by atomic mass is 9.98. The molecule has 0 unspecified atom stereocenters. The van der Waals surface area contributed by atoms with Gasteiger partial charge < -0.3 is 19.7 Å². The number of carbonyl (C=O) groups is 1. The van der Waals surface area contributed by atoms with Crippen LogP contribution in [0.25, 0.3) is 0 Å². The van der Waals surface area contributed by atoms with E-state index in [1.807, 2.05) is 17.0 Å².